The van der Waals surface area contributed by atoms with Crippen LogP contribution in [0.1, 0.15) is 44.9 Å². The molecular weight excluding hydrogens is 180 g/mol. The van der Waals surface area contributed by atoms with Gasteiger partial charge < -0.3 is 4.74 Å². The van der Waals surface area contributed by atoms with Gasteiger partial charge in [-0.1, -0.05) is 6.42 Å². The summed E-state index contributed by atoms with van der Waals surface area (Å²) < 4.78 is 6.07. The lowest BCUT2D eigenvalue weighted by Crippen LogP contribution is -2.32. The molecule has 72 valence electrons. The first-order chi connectivity index (χ1) is 6.43. The number of thioether (sulfide) groups is 1. The normalized spacial score (nSPS) is 38.2. The molecule has 3 aliphatic rings. The van der Waals surface area contributed by atoms with Crippen LogP contribution in [0.4, 0.5) is 0 Å². The molecule has 3 rings (SSSR count). The summed E-state index contributed by atoms with van der Waals surface area (Å²) in [7, 11) is 0. The SMILES string of the molecule is C1CC2=C(C1)SC1CCCCC1O2. The van der Waals surface area contributed by atoms with Crippen molar-refractivity contribution >= 4 is 11.8 Å². The Morgan fingerprint density at radius 3 is 3.00 bits per heavy atom. The summed E-state index contributed by atoms with van der Waals surface area (Å²) in [5, 5.41) is 0.797. The third-order valence-electron chi connectivity index (χ3n) is 3.35. The van der Waals surface area contributed by atoms with E-state index in [2.05, 4.69) is 11.8 Å². The van der Waals surface area contributed by atoms with Crippen molar-refractivity contribution in [1.82, 2.24) is 0 Å². The van der Waals surface area contributed by atoms with Crippen molar-refractivity contribution < 1.29 is 4.74 Å². The molecule has 0 saturated heterocycles. The number of rotatable bonds is 0. The van der Waals surface area contributed by atoms with Gasteiger partial charge in [0.25, 0.3) is 0 Å². The number of allylic oxidation sites excluding steroid dienone is 2. The summed E-state index contributed by atoms with van der Waals surface area (Å²) in [6.07, 6.45) is 9.88. The fourth-order valence-corrected chi connectivity index (χ4v) is 4.17. The summed E-state index contributed by atoms with van der Waals surface area (Å²) >= 11 is 2.14. The highest BCUT2D eigenvalue weighted by Crippen LogP contribution is 2.47. The predicted octanol–water partition coefficient (Wildman–Crippen LogP) is 3.46. The molecule has 1 nitrogen and oxygen atoms in total. The van der Waals surface area contributed by atoms with Crippen molar-refractivity contribution in [3.8, 4) is 0 Å². The van der Waals surface area contributed by atoms with Gasteiger partial charge in [-0.2, -0.15) is 0 Å². The molecule has 0 spiro atoms. The molecule has 0 bridgehead atoms. The molecule has 0 radical (unpaired) electrons. The first-order valence-electron chi connectivity index (χ1n) is 5.49. The summed E-state index contributed by atoms with van der Waals surface area (Å²) in [5.74, 6) is 1.35. The number of hydrogen-bond acceptors (Lipinski definition) is 2. The van der Waals surface area contributed by atoms with E-state index in [4.69, 9.17) is 4.74 Å². The van der Waals surface area contributed by atoms with Crippen LogP contribution in [0, 0.1) is 0 Å². The highest BCUT2D eigenvalue weighted by molar-refractivity contribution is 8.03. The molecule has 1 fully saturated rings. The van der Waals surface area contributed by atoms with Crippen molar-refractivity contribution in [2.24, 2.45) is 0 Å². The quantitative estimate of drug-likeness (QED) is 0.587. The van der Waals surface area contributed by atoms with Gasteiger partial charge in [-0.05, 0) is 32.1 Å². The third-order valence-corrected chi connectivity index (χ3v) is 4.91. The van der Waals surface area contributed by atoms with Crippen LogP contribution in [-0.4, -0.2) is 11.4 Å². The Morgan fingerprint density at radius 2 is 2.00 bits per heavy atom. The van der Waals surface area contributed by atoms with Crippen LogP contribution in [0.2, 0.25) is 0 Å². The largest absolute Gasteiger partial charge is 0.493 e. The Balaban J connectivity index is 1.80. The summed E-state index contributed by atoms with van der Waals surface area (Å²) in [5.41, 5.74) is 0. The maximum atomic E-state index is 6.07. The molecule has 1 heterocycles. The number of ether oxygens (including phenoxy) is 1. The van der Waals surface area contributed by atoms with Crippen molar-refractivity contribution in [1.29, 1.82) is 0 Å². The summed E-state index contributed by atoms with van der Waals surface area (Å²) in [6, 6.07) is 0. The maximum Gasteiger partial charge on any atom is 0.110 e. The zero-order chi connectivity index (χ0) is 8.67. The second-order valence-electron chi connectivity index (χ2n) is 4.30. The Labute approximate surface area is 83.9 Å². The lowest BCUT2D eigenvalue weighted by Gasteiger charge is -2.36. The van der Waals surface area contributed by atoms with E-state index >= 15 is 0 Å². The molecule has 0 aromatic carbocycles. The van der Waals surface area contributed by atoms with Crippen molar-refractivity contribution in [3.63, 3.8) is 0 Å². The molecule has 2 heteroatoms. The minimum Gasteiger partial charge on any atom is -0.493 e. The van der Waals surface area contributed by atoms with Crippen molar-refractivity contribution in [2.75, 3.05) is 0 Å². The van der Waals surface area contributed by atoms with E-state index in [1.54, 1.807) is 4.91 Å². The lowest BCUT2D eigenvalue weighted by molar-refractivity contribution is 0.0807. The second kappa shape index (κ2) is 3.23. The van der Waals surface area contributed by atoms with E-state index in [1.165, 1.54) is 50.7 Å². The van der Waals surface area contributed by atoms with E-state index in [1.807, 2.05) is 0 Å². The zero-order valence-electron chi connectivity index (χ0n) is 7.92. The first-order valence-corrected chi connectivity index (χ1v) is 6.37. The topological polar surface area (TPSA) is 9.23 Å². The molecule has 1 saturated carbocycles. The predicted molar refractivity (Wildman–Crippen MR) is 55.6 cm³/mol. The van der Waals surface area contributed by atoms with E-state index in [0.717, 1.165) is 5.25 Å². The minimum absolute atomic E-state index is 0.565. The molecule has 2 atom stereocenters. The van der Waals surface area contributed by atoms with Crippen LogP contribution in [0.25, 0.3) is 0 Å². The van der Waals surface area contributed by atoms with Gasteiger partial charge in [-0.15, -0.1) is 11.8 Å². The molecule has 0 amide bonds. The van der Waals surface area contributed by atoms with E-state index < -0.39 is 0 Å². The van der Waals surface area contributed by atoms with Gasteiger partial charge >= 0.3 is 0 Å². The minimum atomic E-state index is 0.565. The van der Waals surface area contributed by atoms with Crippen LogP contribution < -0.4 is 0 Å². The second-order valence-corrected chi connectivity index (χ2v) is 5.63. The number of hydrogen-bond donors (Lipinski definition) is 0. The molecular formula is C11H16OS. The number of fused-ring (bicyclic) bond motifs is 1. The lowest BCUT2D eigenvalue weighted by atomic mass is 9.97. The Bertz CT molecular complexity index is 222. The molecule has 1 aliphatic heterocycles. The summed E-state index contributed by atoms with van der Waals surface area (Å²) in [4.78, 5) is 1.59. The van der Waals surface area contributed by atoms with Gasteiger partial charge in [0, 0.05) is 16.6 Å². The Kier molecular flexibility index (Phi) is 2.04. The van der Waals surface area contributed by atoms with Crippen molar-refractivity contribution in [3.05, 3.63) is 10.7 Å². The average molecular weight is 196 g/mol. The van der Waals surface area contributed by atoms with Crippen LogP contribution in [0.15, 0.2) is 10.7 Å². The highest BCUT2D eigenvalue weighted by atomic mass is 32.2. The molecule has 2 aliphatic carbocycles. The van der Waals surface area contributed by atoms with Gasteiger partial charge in [-0.25, -0.2) is 0 Å². The van der Waals surface area contributed by atoms with Crippen LogP contribution in [-0.2, 0) is 4.74 Å². The molecule has 13 heavy (non-hydrogen) atoms. The molecule has 0 N–H and O–H groups in total. The Hall–Kier alpha value is -0.110. The van der Waals surface area contributed by atoms with E-state index in [0.29, 0.717) is 6.10 Å². The Morgan fingerprint density at radius 1 is 1.08 bits per heavy atom. The molecule has 0 aromatic rings. The standard InChI is InChI=1S/C11H16OS/c1-2-6-10-8(4-1)12-9-5-3-7-11(9)13-10/h8,10H,1-7H2. The van der Waals surface area contributed by atoms with E-state index in [-0.39, 0.29) is 0 Å². The first kappa shape index (κ1) is 8.22. The van der Waals surface area contributed by atoms with Crippen LogP contribution in [0.5, 0.6) is 0 Å². The van der Waals surface area contributed by atoms with Crippen LogP contribution >= 0.6 is 11.8 Å². The maximum absolute atomic E-state index is 6.07. The smallest absolute Gasteiger partial charge is 0.110 e. The van der Waals surface area contributed by atoms with Gasteiger partial charge in [-0.3, -0.25) is 0 Å². The van der Waals surface area contributed by atoms with Gasteiger partial charge in [0.15, 0.2) is 0 Å². The highest BCUT2D eigenvalue weighted by Gasteiger charge is 2.35. The molecule has 0 aromatic heterocycles. The monoisotopic (exact) mass is 196 g/mol. The van der Waals surface area contributed by atoms with Crippen molar-refractivity contribution in [2.45, 2.75) is 56.3 Å². The van der Waals surface area contributed by atoms with Crippen LogP contribution in [0.3, 0.4) is 0 Å². The van der Waals surface area contributed by atoms with Gasteiger partial charge in [0.1, 0.15) is 11.9 Å². The third kappa shape index (κ3) is 1.39. The average Bonchev–Trinajstić information content (AvgIpc) is 2.61. The van der Waals surface area contributed by atoms with Gasteiger partial charge in [0.05, 0.1) is 0 Å². The van der Waals surface area contributed by atoms with Gasteiger partial charge in [0.2, 0.25) is 0 Å². The summed E-state index contributed by atoms with van der Waals surface area (Å²) in [6.45, 7) is 0. The zero-order valence-corrected chi connectivity index (χ0v) is 8.74. The fraction of sp³-hybridized carbons (Fsp3) is 0.818. The van der Waals surface area contributed by atoms with E-state index in [9.17, 15) is 0 Å². The fourth-order valence-electron chi connectivity index (χ4n) is 2.64. The molecule has 2 unspecified atom stereocenters.